The highest BCUT2D eigenvalue weighted by Crippen LogP contribution is 2.31. The molecular formula is C18H28N2O2. The minimum atomic E-state index is -0.627. The Morgan fingerprint density at radius 1 is 1.36 bits per heavy atom. The predicted octanol–water partition coefficient (Wildman–Crippen LogP) is 2.01. The van der Waals surface area contributed by atoms with Crippen LogP contribution in [0.15, 0.2) is 24.3 Å². The van der Waals surface area contributed by atoms with Crippen LogP contribution in [-0.2, 0) is 10.2 Å². The molecule has 1 amide bonds. The molecule has 0 saturated carbocycles. The van der Waals surface area contributed by atoms with E-state index in [-0.39, 0.29) is 12.5 Å². The van der Waals surface area contributed by atoms with E-state index in [4.69, 9.17) is 10.8 Å². The van der Waals surface area contributed by atoms with Gasteiger partial charge in [0.2, 0.25) is 5.91 Å². The molecule has 1 saturated heterocycles. The van der Waals surface area contributed by atoms with Crippen LogP contribution in [-0.4, -0.2) is 42.2 Å². The molecule has 4 heteroatoms. The zero-order valence-corrected chi connectivity index (χ0v) is 13.7. The third-order valence-corrected chi connectivity index (χ3v) is 4.92. The molecular weight excluding hydrogens is 276 g/mol. The maximum Gasteiger partial charge on any atom is 0.227 e. The second-order valence-corrected chi connectivity index (χ2v) is 6.81. The largest absolute Gasteiger partial charge is 0.396 e. The molecule has 0 unspecified atom stereocenters. The summed E-state index contributed by atoms with van der Waals surface area (Å²) in [6, 6.07) is 8.34. The summed E-state index contributed by atoms with van der Waals surface area (Å²) in [5, 5.41) is 8.91. The number of amides is 1. The lowest BCUT2D eigenvalue weighted by Crippen LogP contribution is -2.36. The van der Waals surface area contributed by atoms with Crippen LogP contribution in [0.2, 0.25) is 0 Å². The number of carbonyl (C=O) groups excluding carboxylic acids is 1. The lowest BCUT2D eigenvalue weighted by molar-refractivity contribution is -0.122. The molecule has 122 valence electrons. The SMILES string of the molecule is CC(C)(C(N)=O)c1cccc(C2CCN(CCCO)CC2)c1. The van der Waals surface area contributed by atoms with Crippen molar-refractivity contribution in [2.45, 2.75) is 44.4 Å². The highest BCUT2D eigenvalue weighted by atomic mass is 16.3. The third-order valence-electron chi connectivity index (χ3n) is 4.92. The normalized spacial score (nSPS) is 17.6. The van der Waals surface area contributed by atoms with Gasteiger partial charge in [0.1, 0.15) is 0 Å². The van der Waals surface area contributed by atoms with Crippen molar-refractivity contribution in [3.8, 4) is 0 Å². The van der Waals surface area contributed by atoms with Gasteiger partial charge >= 0.3 is 0 Å². The van der Waals surface area contributed by atoms with Gasteiger partial charge in [-0.2, -0.15) is 0 Å². The highest BCUT2D eigenvalue weighted by Gasteiger charge is 2.28. The first-order valence-electron chi connectivity index (χ1n) is 8.18. The van der Waals surface area contributed by atoms with E-state index in [2.05, 4.69) is 17.0 Å². The van der Waals surface area contributed by atoms with Crippen molar-refractivity contribution < 1.29 is 9.90 Å². The number of aliphatic hydroxyl groups excluding tert-OH is 1. The maximum absolute atomic E-state index is 11.6. The zero-order chi connectivity index (χ0) is 16.2. The molecule has 0 aliphatic carbocycles. The van der Waals surface area contributed by atoms with Gasteiger partial charge in [-0.3, -0.25) is 4.79 Å². The number of aliphatic hydroxyl groups is 1. The summed E-state index contributed by atoms with van der Waals surface area (Å²) in [6.07, 6.45) is 3.12. The van der Waals surface area contributed by atoms with Gasteiger partial charge in [-0.25, -0.2) is 0 Å². The Kier molecular flexibility index (Phi) is 5.59. The van der Waals surface area contributed by atoms with Crippen LogP contribution in [0.4, 0.5) is 0 Å². The Bertz CT molecular complexity index is 506. The van der Waals surface area contributed by atoms with Crippen LogP contribution in [0, 0.1) is 0 Å². The maximum atomic E-state index is 11.6. The summed E-state index contributed by atoms with van der Waals surface area (Å²) in [6.45, 7) is 7.17. The van der Waals surface area contributed by atoms with Gasteiger partial charge in [-0.15, -0.1) is 0 Å². The van der Waals surface area contributed by atoms with Gasteiger partial charge in [0.15, 0.2) is 0 Å². The van der Waals surface area contributed by atoms with Crippen LogP contribution in [0.5, 0.6) is 0 Å². The Labute approximate surface area is 133 Å². The first-order chi connectivity index (χ1) is 10.4. The molecule has 0 radical (unpaired) electrons. The summed E-state index contributed by atoms with van der Waals surface area (Å²) in [4.78, 5) is 14.1. The summed E-state index contributed by atoms with van der Waals surface area (Å²) in [5.41, 5.74) is 7.22. The molecule has 2 rings (SSSR count). The molecule has 1 fully saturated rings. The summed E-state index contributed by atoms with van der Waals surface area (Å²) < 4.78 is 0. The Hall–Kier alpha value is -1.39. The van der Waals surface area contributed by atoms with E-state index < -0.39 is 5.41 Å². The third kappa shape index (κ3) is 3.87. The Morgan fingerprint density at radius 2 is 2.05 bits per heavy atom. The van der Waals surface area contributed by atoms with Crippen molar-refractivity contribution >= 4 is 5.91 Å². The average molecular weight is 304 g/mol. The average Bonchev–Trinajstić information content (AvgIpc) is 2.53. The quantitative estimate of drug-likeness (QED) is 0.845. The van der Waals surface area contributed by atoms with Gasteiger partial charge in [-0.05, 0) is 63.2 Å². The van der Waals surface area contributed by atoms with Crippen LogP contribution < -0.4 is 5.73 Å². The molecule has 1 aliphatic heterocycles. The van der Waals surface area contributed by atoms with Crippen LogP contribution >= 0.6 is 0 Å². The minimum absolute atomic E-state index is 0.268. The number of benzene rings is 1. The molecule has 0 bridgehead atoms. The van der Waals surface area contributed by atoms with Gasteiger partial charge in [0.05, 0.1) is 5.41 Å². The molecule has 0 aromatic heterocycles. The van der Waals surface area contributed by atoms with Gasteiger partial charge in [0.25, 0.3) is 0 Å². The number of nitrogens with two attached hydrogens (primary N) is 1. The molecule has 1 heterocycles. The molecule has 1 aliphatic rings. The van der Waals surface area contributed by atoms with Crippen molar-refractivity contribution in [2.75, 3.05) is 26.2 Å². The fourth-order valence-electron chi connectivity index (χ4n) is 3.11. The summed E-state index contributed by atoms with van der Waals surface area (Å²) >= 11 is 0. The number of piperidine rings is 1. The number of hydrogen-bond acceptors (Lipinski definition) is 3. The molecule has 0 spiro atoms. The minimum Gasteiger partial charge on any atom is -0.396 e. The predicted molar refractivity (Wildman–Crippen MR) is 88.8 cm³/mol. The number of primary amides is 1. The standard InChI is InChI=1S/C18H28N2O2/c1-18(2,17(19)22)16-6-3-5-15(13-16)14-7-10-20(11-8-14)9-4-12-21/h3,5-6,13-14,21H,4,7-12H2,1-2H3,(H2,19,22). The van der Waals surface area contributed by atoms with Crippen molar-refractivity contribution in [2.24, 2.45) is 5.73 Å². The highest BCUT2D eigenvalue weighted by molar-refractivity contribution is 5.85. The van der Waals surface area contributed by atoms with E-state index in [0.29, 0.717) is 5.92 Å². The molecule has 0 atom stereocenters. The molecule has 4 nitrogen and oxygen atoms in total. The zero-order valence-electron chi connectivity index (χ0n) is 13.7. The Balaban J connectivity index is 2.04. The van der Waals surface area contributed by atoms with E-state index in [1.54, 1.807) is 0 Å². The lowest BCUT2D eigenvalue weighted by Gasteiger charge is -2.32. The van der Waals surface area contributed by atoms with Crippen molar-refractivity contribution in [1.82, 2.24) is 4.90 Å². The summed E-state index contributed by atoms with van der Waals surface area (Å²) in [5.74, 6) is 0.262. The Morgan fingerprint density at radius 3 is 2.64 bits per heavy atom. The van der Waals surface area contributed by atoms with Crippen LogP contribution in [0.3, 0.4) is 0 Å². The smallest absolute Gasteiger partial charge is 0.227 e. The monoisotopic (exact) mass is 304 g/mol. The second-order valence-electron chi connectivity index (χ2n) is 6.81. The van der Waals surface area contributed by atoms with Crippen LogP contribution in [0.25, 0.3) is 0 Å². The first-order valence-corrected chi connectivity index (χ1v) is 8.18. The van der Waals surface area contributed by atoms with E-state index >= 15 is 0 Å². The molecule has 3 N–H and O–H groups in total. The molecule has 1 aromatic rings. The number of hydrogen-bond donors (Lipinski definition) is 2. The lowest BCUT2D eigenvalue weighted by atomic mass is 9.80. The first kappa shape index (κ1) is 17.0. The van der Waals surface area contributed by atoms with Gasteiger partial charge < -0.3 is 15.7 Å². The molecule has 1 aromatic carbocycles. The van der Waals surface area contributed by atoms with E-state index in [1.807, 2.05) is 26.0 Å². The number of nitrogens with zero attached hydrogens (tertiary/aromatic N) is 1. The topological polar surface area (TPSA) is 66.6 Å². The van der Waals surface area contributed by atoms with Crippen molar-refractivity contribution in [3.05, 3.63) is 35.4 Å². The fraction of sp³-hybridized carbons (Fsp3) is 0.611. The van der Waals surface area contributed by atoms with Crippen molar-refractivity contribution in [3.63, 3.8) is 0 Å². The van der Waals surface area contributed by atoms with E-state index in [0.717, 1.165) is 44.5 Å². The van der Waals surface area contributed by atoms with Crippen molar-refractivity contribution in [1.29, 1.82) is 0 Å². The summed E-state index contributed by atoms with van der Waals surface area (Å²) in [7, 11) is 0. The molecule has 22 heavy (non-hydrogen) atoms. The van der Waals surface area contributed by atoms with Gasteiger partial charge in [-0.1, -0.05) is 24.3 Å². The number of rotatable bonds is 6. The number of carbonyl (C=O) groups is 1. The van der Waals surface area contributed by atoms with Crippen LogP contribution in [0.1, 0.15) is 50.2 Å². The fourth-order valence-corrected chi connectivity index (χ4v) is 3.11. The van der Waals surface area contributed by atoms with E-state index in [1.165, 1.54) is 5.56 Å². The van der Waals surface area contributed by atoms with Gasteiger partial charge in [0, 0.05) is 13.2 Å². The van der Waals surface area contributed by atoms with E-state index in [9.17, 15) is 4.79 Å². The second kappa shape index (κ2) is 7.25. The number of likely N-dealkylation sites (tertiary alicyclic amines) is 1.